The Balaban J connectivity index is 2.85. The molecule has 0 amide bonds. The predicted molar refractivity (Wildman–Crippen MR) is 85.2 cm³/mol. The lowest BCUT2D eigenvalue weighted by atomic mass is 10.2. The molecule has 0 N–H and O–H groups in total. The molecule has 152 valence electrons. The summed E-state index contributed by atoms with van der Waals surface area (Å²) >= 11 is 12.3. The molecule has 1 atom stereocenters. The van der Waals surface area contributed by atoms with E-state index >= 15 is 0 Å². The van der Waals surface area contributed by atoms with Crippen LogP contribution in [-0.4, -0.2) is 18.3 Å². The Kier molecular flexibility index (Phi) is 6.37. The highest BCUT2D eigenvalue weighted by atomic mass is 35.5. The second-order valence-electron chi connectivity index (χ2n) is 4.89. The van der Waals surface area contributed by atoms with E-state index < -0.39 is 66.1 Å². The maximum Gasteiger partial charge on any atom is 0.423 e. The SMILES string of the molecule is N#Cc1nn(-c2c(F)cc(C(F)(F)F)cc2Cl)c(C(F)F)c1[S+]([O-])C(F)(Cl)Cl. The smallest absolute Gasteiger partial charge is 0.423 e. The molecule has 0 aliphatic heterocycles. The van der Waals surface area contributed by atoms with Gasteiger partial charge in [-0.1, -0.05) is 11.6 Å². The zero-order valence-electron chi connectivity index (χ0n) is 12.7. The summed E-state index contributed by atoms with van der Waals surface area (Å²) in [6.45, 7) is 0. The van der Waals surface area contributed by atoms with Gasteiger partial charge in [0.25, 0.3) is 6.43 Å². The van der Waals surface area contributed by atoms with Crippen molar-refractivity contribution in [1.29, 1.82) is 5.26 Å². The first-order valence-corrected chi connectivity index (χ1v) is 8.84. The van der Waals surface area contributed by atoms with Crippen molar-refractivity contribution in [1.82, 2.24) is 9.78 Å². The Labute approximate surface area is 169 Å². The molecular weight excluding hydrogens is 486 g/mol. The van der Waals surface area contributed by atoms with Crippen LogP contribution in [0.3, 0.4) is 0 Å². The molecule has 28 heavy (non-hydrogen) atoms. The molecule has 0 saturated carbocycles. The Morgan fingerprint density at radius 3 is 2.18 bits per heavy atom. The van der Waals surface area contributed by atoms with E-state index in [1.54, 1.807) is 0 Å². The van der Waals surface area contributed by atoms with Gasteiger partial charge in [0.05, 0.1) is 21.8 Å². The maximum absolute atomic E-state index is 14.3. The van der Waals surface area contributed by atoms with Crippen LogP contribution in [0, 0.1) is 17.1 Å². The first-order chi connectivity index (χ1) is 12.7. The van der Waals surface area contributed by atoms with Crippen molar-refractivity contribution >= 4 is 46.0 Å². The van der Waals surface area contributed by atoms with Crippen LogP contribution in [0.25, 0.3) is 5.69 Å². The Morgan fingerprint density at radius 2 is 1.79 bits per heavy atom. The number of hydrogen-bond donors (Lipinski definition) is 0. The highest BCUT2D eigenvalue weighted by Crippen LogP contribution is 2.42. The predicted octanol–water partition coefficient (Wildman–Crippen LogP) is 5.66. The minimum Gasteiger partial charge on any atom is -0.607 e. The zero-order chi connectivity index (χ0) is 21.6. The van der Waals surface area contributed by atoms with Crippen LogP contribution < -0.4 is 0 Å². The van der Waals surface area contributed by atoms with Gasteiger partial charge < -0.3 is 4.55 Å². The summed E-state index contributed by atoms with van der Waals surface area (Å²) in [5.41, 5.74) is -5.21. The minimum absolute atomic E-state index is 0.0478. The van der Waals surface area contributed by atoms with Crippen LogP contribution in [0.5, 0.6) is 0 Å². The first kappa shape index (κ1) is 22.9. The van der Waals surface area contributed by atoms with Crippen LogP contribution in [0.1, 0.15) is 23.4 Å². The summed E-state index contributed by atoms with van der Waals surface area (Å²) in [7, 11) is 0. The van der Waals surface area contributed by atoms with Gasteiger partial charge >= 0.3 is 10.1 Å². The van der Waals surface area contributed by atoms with E-state index in [0.29, 0.717) is 0 Å². The summed E-state index contributed by atoms with van der Waals surface area (Å²) in [6.07, 6.45) is -8.66. The van der Waals surface area contributed by atoms with Gasteiger partial charge in [-0.25, -0.2) is 17.9 Å². The van der Waals surface area contributed by atoms with E-state index in [0.717, 1.165) is 0 Å². The molecule has 0 saturated heterocycles. The molecule has 0 fully saturated rings. The minimum atomic E-state index is -5.01. The van der Waals surface area contributed by atoms with Crippen LogP contribution in [-0.2, 0) is 17.4 Å². The quantitative estimate of drug-likeness (QED) is 0.317. The Hall–Kier alpha value is -1.39. The lowest BCUT2D eigenvalue weighted by Crippen LogP contribution is -2.23. The highest BCUT2D eigenvalue weighted by molar-refractivity contribution is 7.95. The fourth-order valence-electron chi connectivity index (χ4n) is 2.08. The van der Waals surface area contributed by atoms with Gasteiger partial charge in [-0.2, -0.15) is 27.9 Å². The molecule has 2 aromatic rings. The van der Waals surface area contributed by atoms with Crippen molar-refractivity contribution in [3.05, 3.63) is 39.9 Å². The van der Waals surface area contributed by atoms with Crippen molar-refractivity contribution in [2.45, 2.75) is 21.4 Å². The number of benzene rings is 1. The zero-order valence-corrected chi connectivity index (χ0v) is 15.8. The van der Waals surface area contributed by atoms with Crippen LogP contribution >= 0.6 is 34.8 Å². The standard InChI is InChI=1S/C13H3Cl3F7N3OS/c14-5-1-4(12(20,21)22)2-6(17)8(5)26-9(11(18)19)10(7(3-24)25-26)28(27)13(15,16)23/h1-2,11H. The highest BCUT2D eigenvalue weighted by Gasteiger charge is 2.47. The number of nitriles is 1. The third-order valence-corrected chi connectivity index (χ3v) is 5.46. The molecule has 1 aromatic carbocycles. The number of hydrogen-bond acceptors (Lipinski definition) is 3. The molecule has 1 unspecified atom stereocenters. The van der Waals surface area contributed by atoms with Gasteiger partial charge in [-0.3, -0.25) is 0 Å². The molecule has 15 heteroatoms. The third kappa shape index (κ3) is 4.28. The summed E-state index contributed by atoms with van der Waals surface area (Å²) in [6, 6.07) is 1.39. The van der Waals surface area contributed by atoms with Crippen molar-refractivity contribution in [3.63, 3.8) is 0 Å². The van der Waals surface area contributed by atoms with Gasteiger partial charge in [0.2, 0.25) is 10.6 Å². The van der Waals surface area contributed by atoms with Crippen molar-refractivity contribution in [2.75, 3.05) is 0 Å². The Morgan fingerprint density at radius 1 is 1.21 bits per heavy atom. The molecule has 1 aromatic heterocycles. The van der Waals surface area contributed by atoms with Crippen LogP contribution in [0.2, 0.25) is 5.02 Å². The first-order valence-electron chi connectivity index (χ1n) is 6.56. The molecule has 4 nitrogen and oxygen atoms in total. The second-order valence-corrected chi connectivity index (χ2v) is 8.49. The van der Waals surface area contributed by atoms with E-state index in [2.05, 4.69) is 5.10 Å². The van der Waals surface area contributed by atoms with E-state index in [1.165, 1.54) is 6.07 Å². The number of halogens is 10. The van der Waals surface area contributed by atoms with Gasteiger partial charge in [0.1, 0.15) is 11.8 Å². The van der Waals surface area contributed by atoms with Gasteiger partial charge in [-0.15, -0.1) is 0 Å². The second kappa shape index (κ2) is 7.79. The number of aromatic nitrogens is 2. The van der Waals surface area contributed by atoms with Crippen molar-refractivity contribution in [3.8, 4) is 11.8 Å². The van der Waals surface area contributed by atoms with Crippen LogP contribution in [0.4, 0.5) is 30.7 Å². The fraction of sp³-hybridized carbons (Fsp3) is 0.231. The largest absolute Gasteiger partial charge is 0.607 e. The van der Waals surface area contributed by atoms with E-state index in [4.69, 9.17) is 40.1 Å². The van der Waals surface area contributed by atoms with Gasteiger partial charge in [-0.05, 0) is 35.3 Å². The summed E-state index contributed by atoms with van der Waals surface area (Å²) in [5, 5.41) is 11.2. The van der Waals surface area contributed by atoms with E-state index in [1.807, 2.05) is 0 Å². The fourth-order valence-corrected chi connectivity index (χ4v) is 3.69. The lowest BCUT2D eigenvalue weighted by Gasteiger charge is -2.17. The summed E-state index contributed by atoms with van der Waals surface area (Å²) in [5.74, 6) is -1.74. The van der Waals surface area contributed by atoms with Gasteiger partial charge in [0.15, 0.2) is 11.5 Å². The molecule has 0 aliphatic rings. The van der Waals surface area contributed by atoms with Gasteiger partial charge in [0, 0.05) is 0 Å². The molecule has 1 heterocycles. The Bertz CT molecular complexity index is 930. The number of nitrogens with zero attached hydrogens (tertiary/aromatic N) is 3. The molecule has 0 bridgehead atoms. The number of rotatable bonds is 4. The molecular formula is C13H3Cl3F7N3OS. The topological polar surface area (TPSA) is 64.7 Å². The summed E-state index contributed by atoms with van der Waals surface area (Å²) < 4.78 is 101. The monoisotopic (exact) mass is 487 g/mol. The third-order valence-electron chi connectivity index (χ3n) is 3.14. The lowest BCUT2D eigenvalue weighted by molar-refractivity contribution is -0.137. The molecule has 0 spiro atoms. The molecule has 0 aliphatic carbocycles. The number of alkyl halides is 8. The van der Waals surface area contributed by atoms with Crippen molar-refractivity contribution < 1.29 is 35.3 Å². The maximum atomic E-state index is 14.3. The van der Waals surface area contributed by atoms with Crippen LogP contribution in [0.15, 0.2) is 17.0 Å². The van der Waals surface area contributed by atoms with Crippen molar-refractivity contribution in [2.24, 2.45) is 0 Å². The molecule has 2 rings (SSSR count). The normalized spacial score (nSPS) is 13.7. The van der Waals surface area contributed by atoms with E-state index in [-0.39, 0.29) is 16.8 Å². The average Bonchev–Trinajstić information content (AvgIpc) is 2.90. The summed E-state index contributed by atoms with van der Waals surface area (Å²) in [4.78, 5) is -1.26. The van der Waals surface area contributed by atoms with E-state index in [9.17, 15) is 35.3 Å². The molecule has 0 radical (unpaired) electrons. The average molecular weight is 489 g/mol.